The lowest BCUT2D eigenvalue weighted by molar-refractivity contribution is 0.0986. The number of carbonyl (C=O) groups excluding carboxylic acids is 1. The van der Waals surface area contributed by atoms with Crippen molar-refractivity contribution in [3.8, 4) is 0 Å². The van der Waals surface area contributed by atoms with Gasteiger partial charge in [0.05, 0.1) is 10.6 Å². The number of para-hydroxylation sites is 1. The molecular weight excluding hydrogens is 416 g/mol. The van der Waals surface area contributed by atoms with E-state index in [9.17, 15) is 13.2 Å². The van der Waals surface area contributed by atoms with Crippen molar-refractivity contribution in [3.05, 3.63) is 54.1 Å². The van der Waals surface area contributed by atoms with Crippen LogP contribution in [0.1, 0.15) is 37.0 Å². The van der Waals surface area contributed by atoms with Gasteiger partial charge in [-0.25, -0.2) is 8.42 Å². The topological polar surface area (TPSA) is 57.7 Å². The molecule has 2 aliphatic rings. The number of nitrogens with zero attached hydrogens (tertiary/aromatic N) is 2. The van der Waals surface area contributed by atoms with Gasteiger partial charge in [-0.2, -0.15) is 4.31 Å². The highest BCUT2D eigenvalue weighted by Crippen LogP contribution is 2.34. The second-order valence-corrected chi connectivity index (χ2v) is 11.5. The number of fused-ring (bicyclic) bond motifs is 1. The van der Waals surface area contributed by atoms with Crippen molar-refractivity contribution in [1.82, 2.24) is 4.31 Å². The Morgan fingerprint density at radius 1 is 1.03 bits per heavy atom. The van der Waals surface area contributed by atoms with Crippen LogP contribution in [0.15, 0.2) is 58.3 Å². The van der Waals surface area contributed by atoms with Crippen LogP contribution in [0.4, 0.5) is 5.69 Å². The van der Waals surface area contributed by atoms with Gasteiger partial charge in [-0.3, -0.25) is 4.79 Å². The minimum Gasteiger partial charge on any atom is -0.307 e. The third kappa shape index (κ3) is 4.29. The van der Waals surface area contributed by atoms with E-state index >= 15 is 0 Å². The van der Waals surface area contributed by atoms with Gasteiger partial charge in [-0.05, 0) is 60.8 Å². The largest absolute Gasteiger partial charge is 0.307 e. The molecular formula is C23H28N2O3S2. The van der Waals surface area contributed by atoms with Crippen LogP contribution in [0.5, 0.6) is 0 Å². The zero-order valence-electron chi connectivity index (χ0n) is 17.5. The van der Waals surface area contributed by atoms with Crippen LogP contribution in [-0.2, 0) is 10.0 Å². The van der Waals surface area contributed by atoms with Gasteiger partial charge in [0.1, 0.15) is 0 Å². The molecule has 0 radical (unpaired) electrons. The normalized spacial score (nSPS) is 22.9. The molecule has 160 valence electrons. The Bertz CT molecular complexity index is 1030. The minimum absolute atomic E-state index is 0.151. The predicted molar refractivity (Wildman–Crippen MR) is 122 cm³/mol. The molecule has 0 aliphatic carbocycles. The fourth-order valence-corrected chi connectivity index (χ4v) is 7.16. The molecule has 0 spiro atoms. The molecule has 1 amide bonds. The highest BCUT2D eigenvalue weighted by Gasteiger charge is 2.32. The van der Waals surface area contributed by atoms with E-state index < -0.39 is 10.0 Å². The Hall–Kier alpha value is -1.83. The minimum atomic E-state index is -3.62. The summed E-state index contributed by atoms with van der Waals surface area (Å²) in [6.45, 7) is 5.87. The number of rotatable bonds is 3. The summed E-state index contributed by atoms with van der Waals surface area (Å²) < 4.78 is 28.1. The number of benzene rings is 2. The maximum atomic E-state index is 13.4. The van der Waals surface area contributed by atoms with Crippen molar-refractivity contribution >= 4 is 33.4 Å². The van der Waals surface area contributed by atoms with Gasteiger partial charge in [-0.1, -0.05) is 32.0 Å². The van der Waals surface area contributed by atoms with Crippen LogP contribution in [-0.4, -0.2) is 44.0 Å². The van der Waals surface area contributed by atoms with Crippen molar-refractivity contribution < 1.29 is 13.2 Å². The number of amides is 1. The Morgan fingerprint density at radius 2 is 1.77 bits per heavy atom. The molecule has 1 saturated heterocycles. The second-order valence-electron chi connectivity index (χ2n) is 8.42. The van der Waals surface area contributed by atoms with Gasteiger partial charge in [0.15, 0.2) is 0 Å². The number of anilines is 1. The molecule has 2 aliphatic heterocycles. The molecule has 30 heavy (non-hydrogen) atoms. The number of hydrogen-bond donors (Lipinski definition) is 0. The van der Waals surface area contributed by atoms with E-state index in [1.807, 2.05) is 24.3 Å². The maximum Gasteiger partial charge on any atom is 0.258 e. The summed E-state index contributed by atoms with van der Waals surface area (Å²) in [7, 11) is -3.62. The second kappa shape index (κ2) is 8.73. The van der Waals surface area contributed by atoms with E-state index in [1.54, 1.807) is 45.2 Å². The fourth-order valence-electron chi connectivity index (χ4n) is 4.43. The van der Waals surface area contributed by atoms with Crippen LogP contribution >= 0.6 is 11.8 Å². The van der Waals surface area contributed by atoms with E-state index in [0.29, 0.717) is 37.0 Å². The van der Waals surface area contributed by atoms with E-state index in [1.165, 1.54) is 0 Å². The SMILES string of the molecule is C[C@@H]1C[C@H](C)CN(S(=O)(=O)c2cccc(C(=O)N3CCCSc4ccccc43)c2)C1. The van der Waals surface area contributed by atoms with Crippen molar-refractivity contribution in [3.63, 3.8) is 0 Å². The molecule has 1 fully saturated rings. The zero-order valence-corrected chi connectivity index (χ0v) is 19.1. The molecule has 5 nitrogen and oxygen atoms in total. The van der Waals surface area contributed by atoms with E-state index in [-0.39, 0.29) is 10.8 Å². The number of piperidine rings is 1. The van der Waals surface area contributed by atoms with Crippen molar-refractivity contribution in [2.75, 3.05) is 30.3 Å². The molecule has 4 rings (SSSR count). The van der Waals surface area contributed by atoms with Crippen molar-refractivity contribution in [1.29, 1.82) is 0 Å². The molecule has 0 unspecified atom stereocenters. The Labute approximate surface area is 183 Å². The van der Waals surface area contributed by atoms with Crippen LogP contribution < -0.4 is 4.90 Å². The van der Waals surface area contributed by atoms with E-state index in [2.05, 4.69) is 13.8 Å². The summed E-state index contributed by atoms with van der Waals surface area (Å²) in [6.07, 6.45) is 1.93. The van der Waals surface area contributed by atoms with Crippen LogP contribution in [0, 0.1) is 11.8 Å². The molecule has 2 aromatic rings. The molecule has 2 aromatic carbocycles. The number of thioether (sulfide) groups is 1. The Morgan fingerprint density at radius 3 is 2.53 bits per heavy atom. The molecule has 2 atom stereocenters. The van der Waals surface area contributed by atoms with Gasteiger partial charge in [0.25, 0.3) is 5.91 Å². The van der Waals surface area contributed by atoms with Gasteiger partial charge in [0, 0.05) is 30.1 Å². The summed E-state index contributed by atoms with van der Waals surface area (Å²) in [5.41, 5.74) is 1.31. The molecule has 0 bridgehead atoms. The van der Waals surface area contributed by atoms with Gasteiger partial charge < -0.3 is 4.90 Å². The molecule has 7 heteroatoms. The molecule has 2 heterocycles. The molecule has 0 aromatic heterocycles. The van der Waals surface area contributed by atoms with Crippen LogP contribution in [0.3, 0.4) is 0 Å². The van der Waals surface area contributed by atoms with Gasteiger partial charge in [0.2, 0.25) is 10.0 Å². The summed E-state index contributed by atoms with van der Waals surface area (Å²) in [5, 5.41) is 0. The molecule has 0 N–H and O–H groups in total. The third-order valence-corrected chi connectivity index (χ3v) is 8.72. The van der Waals surface area contributed by atoms with Crippen molar-refractivity contribution in [2.45, 2.75) is 36.5 Å². The summed E-state index contributed by atoms with van der Waals surface area (Å²) in [4.78, 5) is 16.5. The highest BCUT2D eigenvalue weighted by molar-refractivity contribution is 7.99. The Balaban J connectivity index is 1.64. The first-order valence-electron chi connectivity index (χ1n) is 10.5. The first-order chi connectivity index (χ1) is 14.4. The lowest BCUT2D eigenvalue weighted by atomic mass is 9.94. The average Bonchev–Trinajstić information content (AvgIpc) is 2.95. The molecule has 0 saturated carbocycles. The van der Waals surface area contributed by atoms with Crippen LogP contribution in [0.25, 0.3) is 0 Å². The first kappa shape index (κ1) is 21.4. The summed E-state index contributed by atoms with van der Waals surface area (Å²) >= 11 is 1.76. The van der Waals surface area contributed by atoms with Gasteiger partial charge in [-0.15, -0.1) is 11.8 Å². The third-order valence-electron chi connectivity index (χ3n) is 5.74. The predicted octanol–water partition coefficient (Wildman–Crippen LogP) is 4.50. The first-order valence-corrected chi connectivity index (χ1v) is 12.9. The Kier molecular flexibility index (Phi) is 6.23. The zero-order chi connectivity index (χ0) is 21.3. The number of carbonyl (C=O) groups is 1. The summed E-state index contributed by atoms with van der Waals surface area (Å²) in [6, 6.07) is 14.4. The van der Waals surface area contributed by atoms with E-state index in [4.69, 9.17) is 0 Å². The average molecular weight is 445 g/mol. The highest BCUT2D eigenvalue weighted by atomic mass is 32.2. The lowest BCUT2D eigenvalue weighted by Gasteiger charge is -2.34. The van der Waals surface area contributed by atoms with Crippen molar-refractivity contribution in [2.24, 2.45) is 11.8 Å². The monoisotopic (exact) mass is 444 g/mol. The maximum absolute atomic E-state index is 13.4. The lowest BCUT2D eigenvalue weighted by Crippen LogP contribution is -2.42. The standard InChI is InChI=1S/C23H28N2O3S2/c1-17-13-18(2)16-24(15-17)30(27,28)20-8-5-7-19(14-20)23(26)25-11-6-12-29-22-10-4-3-9-21(22)25/h3-5,7-10,14,17-18H,6,11-13,15-16H2,1-2H3/t17-,18+. The quantitative estimate of drug-likeness (QED) is 0.700. The number of sulfonamides is 1. The number of hydrogen-bond acceptors (Lipinski definition) is 4. The van der Waals surface area contributed by atoms with Gasteiger partial charge >= 0.3 is 0 Å². The fraction of sp³-hybridized carbons (Fsp3) is 0.435. The van der Waals surface area contributed by atoms with E-state index in [0.717, 1.165) is 29.2 Å². The summed E-state index contributed by atoms with van der Waals surface area (Å²) in [5.74, 6) is 1.47. The van der Waals surface area contributed by atoms with Crippen LogP contribution in [0.2, 0.25) is 0 Å². The smallest absolute Gasteiger partial charge is 0.258 e.